The minimum Gasteiger partial charge on any atom is -0.378 e. The van der Waals surface area contributed by atoms with Crippen LogP contribution in [-0.2, 0) is 4.74 Å². The van der Waals surface area contributed by atoms with Crippen LogP contribution in [-0.4, -0.2) is 47.5 Å². The fourth-order valence-electron chi connectivity index (χ4n) is 2.89. The van der Waals surface area contributed by atoms with Gasteiger partial charge in [-0.1, -0.05) is 45.8 Å². The number of aromatic nitrogens is 3. The maximum Gasteiger partial charge on any atom is 0.250 e. The lowest BCUT2D eigenvalue weighted by Crippen LogP contribution is -2.37. The van der Waals surface area contributed by atoms with Gasteiger partial charge in [0, 0.05) is 23.2 Å². The van der Waals surface area contributed by atoms with E-state index < -0.39 is 0 Å². The molecule has 3 aromatic rings. The van der Waals surface area contributed by atoms with Gasteiger partial charge < -0.3 is 15.0 Å². The Balaban J connectivity index is 1.56. The summed E-state index contributed by atoms with van der Waals surface area (Å²) in [6.45, 7) is 4.81. The van der Waals surface area contributed by atoms with Crippen molar-refractivity contribution in [3.05, 3.63) is 64.1 Å². The van der Waals surface area contributed by atoms with Crippen molar-refractivity contribution in [3.63, 3.8) is 0 Å². The Morgan fingerprint density at radius 2 is 1.80 bits per heavy atom. The second-order valence-electron chi connectivity index (χ2n) is 6.80. The molecule has 0 spiro atoms. The molecule has 30 heavy (non-hydrogen) atoms. The fraction of sp³-hybridized carbons (Fsp3) is 0.238. The van der Waals surface area contributed by atoms with Gasteiger partial charge in [0.25, 0.3) is 0 Å². The average molecular weight is 468 g/mol. The number of nitrogens with zero attached hydrogens (tertiary/aromatic N) is 5. The van der Waals surface area contributed by atoms with Gasteiger partial charge in [0.15, 0.2) is 0 Å². The van der Waals surface area contributed by atoms with E-state index in [-0.39, 0.29) is 0 Å². The van der Waals surface area contributed by atoms with E-state index >= 15 is 0 Å². The van der Waals surface area contributed by atoms with Crippen LogP contribution in [0.25, 0.3) is 0 Å². The Hall–Kier alpha value is -3.04. The summed E-state index contributed by atoms with van der Waals surface area (Å²) in [5.74, 6) is 1.41. The molecule has 4 rings (SSSR count). The normalized spacial score (nSPS) is 14.1. The molecule has 1 saturated heterocycles. The minimum atomic E-state index is 0.368. The molecule has 0 unspecified atom stereocenters. The SMILES string of the molecule is Cc1ccc(Nc2nc(NN=Cc3cccc(Br)c3)nc(N3CCOCC3)n2)cc1. The Morgan fingerprint density at radius 3 is 2.57 bits per heavy atom. The number of anilines is 4. The van der Waals surface area contributed by atoms with Crippen LogP contribution in [0, 0.1) is 6.92 Å². The molecule has 1 aromatic heterocycles. The quantitative estimate of drug-likeness (QED) is 0.418. The number of benzene rings is 2. The zero-order valence-corrected chi connectivity index (χ0v) is 18.1. The lowest BCUT2D eigenvalue weighted by atomic mass is 10.2. The summed E-state index contributed by atoms with van der Waals surface area (Å²) in [7, 11) is 0. The first kappa shape index (κ1) is 20.2. The van der Waals surface area contributed by atoms with Crippen LogP contribution in [0.1, 0.15) is 11.1 Å². The fourth-order valence-corrected chi connectivity index (χ4v) is 3.31. The predicted molar refractivity (Wildman–Crippen MR) is 123 cm³/mol. The lowest BCUT2D eigenvalue weighted by Gasteiger charge is -2.27. The number of rotatable bonds is 6. The highest BCUT2D eigenvalue weighted by Crippen LogP contribution is 2.19. The molecule has 1 aliphatic rings. The molecular weight excluding hydrogens is 446 g/mol. The Labute approximate surface area is 183 Å². The van der Waals surface area contributed by atoms with Gasteiger partial charge >= 0.3 is 0 Å². The van der Waals surface area contributed by atoms with Crippen molar-refractivity contribution in [3.8, 4) is 0 Å². The zero-order chi connectivity index (χ0) is 20.8. The molecule has 0 aliphatic carbocycles. The van der Waals surface area contributed by atoms with Gasteiger partial charge in [-0.2, -0.15) is 20.1 Å². The monoisotopic (exact) mass is 467 g/mol. The van der Waals surface area contributed by atoms with Crippen molar-refractivity contribution in [2.45, 2.75) is 6.92 Å². The summed E-state index contributed by atoms with van der Waals surface area (Å²) in [4.78, 5) is 15.7. The van der Waals surface area contributed by atoms with E-state index in [0.29, 0.717) is 31.1 Å². The zero-order valence-electron chi connectivity index (χ0n) is 16.5. The topological polar surface area (TPSA) is 87.6 Å². The molecular formula is C21H22BrN7O. The van der Waals surface area contributed by atoms with Crippen molar-refractivity contribution in [1.29, 1.82) is 0 Å². The van der Waals surface area contributed by atoms with Crippen molar-refractivity contribution < 1.29 is 4.74 Å². The van der Waals surface area contributed by atoms with Crippen molar-refractivity contribution in [2.24, 2.45) is 5.10 Å². The summed E-state index contributed by atoms with van der Waals surface area (Å²) in [6, 6.07) is 15.9. The Kier molecular flexibility index (Phi) is 6.50. The maximum atomic E-state index is 5.44. The summed E-state index contributed by atoms with van der Waals surface area (Å²) in [5.41, 5.74) is 5.97. The largest absolute Gasteiger partial charge is 0.378 e. The van der Waals surface area contributed by atoms with Gasteiger partial charge in [-0.3, -0.25) is 0 Å². The van der Waals surface area contributed by atoms with Gasteiger partial charge in [0.2, 0.25) is 17.8 Å². The highest BCUT2D eigenvalue weighted by molar-refractivity contribution is 9.10. The number of hydrazone groups is 1. The van der Waals surface area contributed by atoms with Crippen molar-refractivity contribution >= 4 is 45.7 Å². The van der Waals surface area contributed by atoms with Crippen LogP contribution in [0.2, 0.25) is 0 Å². The van der Waals surface area contributed by atoms with E-state index in [0.717, 1.165) is 28.8 Å². The molecule has 2 aromatic carbocycles. The molecule has 1 aliphatic heterocycles. The van der Waals surface area contributed by atoms with E-state index in [9.17, 15) is 0 Å². The molecule has 8 nitrogen and oxygen atoms in total. The predicted octanol–water partition coefficient (Wildman–Crippen LogP) is 3.97. The maximum absolute atomic E-state index is 5.44. The van der Waals surface area contributed by atoms with E-state index in [1.807, 2.05) is 48.5 Å². The first-order chi connectivity index (χ1) is 14.7. The summed E-state index contributed by atoms with van der Waals surface area (Å²) >= 11 is 3.46. The van der Waals surface area contributed by atoms with E-state index in [2.05, 4.69) is 58.5 Å². The summed E-state index contributed by atoms with van der Waals surface area (Å²) in [5, 5.41) is 7.53. The van der Waals surface area contributed by atoms with Crippen molar-refractivity contribution in [1.82, 2.24) is 15.0 Å². The smallest absolute Gasteiger partial charge is 0.250 e. The Morgan fingerprint density at radius 1 is 1.03 bits per heavy atom. The Bertz CT molecular complexity index is 1020. The third-order valence-corrected chi connectivity index (χ3v) is 4.95. The van der Waals surface area contributed by atoms with Gasteiger partial charge in [-0.25, -0.2) is 5.43 Å². The number of aryl methyl sites for hydroxylation is 1. The number of hydrogen-bond acceptors (Lipinski definition) is 8. The van der Waals surface area contributed by atoms with Gasteiger partial charge in [0.05, 0.1) is 19.4 Å². The van der Waals surface area contributed by atoms with Gasteiger partial charge in [0.1, 0.15) is 0 Å². The van der Waals surface area contributed by atoms with Gasteiger partial charge in [-0.15, -0.1) is 0 Å². The van der Waals surface area contributed by atoms with Crippen LogP contribution in [0.5, 0.6) is 0 Å². The first-order valence-electron chi connectivity index (χ1n) is 9.63. The van der Waals surface area contributed by atoms with Gasteiger partial charge in [-0.05, 0) is 36.8 Å². The summed E-state index contributed by atoms with van der Waals surface area (Å²) in [6.07, 6.45) is 1.72. The molecule has 0 atom stereocenters. The molecule has 154 valence electrons. The molecule has 2 N–H and O–H groups in total. The van der Waals surface area contributed by atoms with Crippen LogP contribution in [0.15, 0.2) is 58.1 Å². The number of halogens is 1. The van der Waals surface area contributed by atoms with E-state index in [1.165, 1.54) is 5.56 Å². The van der Waals surface area contributed by atoms with Crippen LogP contribution in [0.3, 0.4) is 0 Å². The molecule has 2 heterocycles. The first-order valence-corrected chi connectivity index (χ1v) is 10.4. The number of morpholine rings is 1. The highest BCUT2D eigenvalue weighted by atomic mass is 79.9. The summed E-state index contributed by atoms with van der Waals surface area (Å²) < 4.78 is 6.43. The minimum absolute atomic E-state index is 0.368. The van der Waals surface area contributed by atoms with Crippen LogP contribution in [0.4, 0.5) is 23.5 Å². The number of ether oxygens (including phenoxy) is 1. The third kappa shape index (κ3) is 5.52. The number of nitrogens with one attached hydrogen (secondary N) is 2. The number of hydrogen-bond donors (Lipinski definition) is 2. The third-order valence-electron chi connectivity index (χ3n) is 4.45. The van der Waals surface area contributed by atoms with Crippen molar-refractivity contribution in [2.75, 3.05) is 41.9 Å². The van der Waals surface area contributed by atoms with E-state index in [1.54, 1.807) is 6.21 Å². The van der Waals surface area contributed by atoms with Crippen LogP contribution < -0.4 is 15.6 Å². The molecule has 0 saturated carbocycles. The molecule has 0 bridgehead atoms. The lowest BCUT2D eigenvalue weighted by molar-refractivity contribution is 0.122. The van der Waals surface area contributed by atoms with E-state index in [4.69, 9.17) is 4.74 Å². The standard InChI is InChI=1S/C21H22BrN7O/c1-15-5-7-18(8-6-15)24-19-25-20(27-21(26-19)29-9-11-30-12-10-29)28-23-14-16-3-2-4-17(22)13-16/h2-8,13-14H,9-12H2,1H3,(H2,24,25,26,27,28). The second-order valence-corrected chi connectivity index (χ2v) is 7.71. The molecule has 0 amide bonds. The molecule has 1 fully saturated rings. The average Bonchev–Trinajstić information content (AvgIpc) is 2.76. The molecule has 0 radical (unpaired) electrons. The van der Waals surface area contributed by atoms with Crippen LogP contribution >= 0.6 is 15.9 Å². The highest BCUT2D eigenvalue weighted by Gasteiger charge is 2.16. The molecule has 9 heteroatoms. The second kappa shape index (κ2) is 9.64.